The molecule has 2 aromatic heterocycles. The van der Waals surface area contributed by atoms with Gasteiger partial charge in [0, 0.05) is 46.8 Å². The zero-order chi connectivity index (χ0) is 30.6. The summed E-state index contributed by atoms with van der Waals surface area (Å²) >= 11 is 1.51. The van der Waals surface area contributed by atoms with Crippen molar-refractivity contribution < 1.29 is 14.3 Å². The Hall–Kier alpha value is -3.03. The Labute approximate surface area is 246 Å². The van der Waals surface area contributed by atoms with Gasteiger partial charge in [0.2, 0.25) is 6.41 Å². The predicted octanol–water partition coefficient (Wildman–Crippen LogP) is 9.07. The maximum absolute atomic E-state index is 11.7. The van der Waals surface area contributed by atoms with Gasteiger partial charge in [-0.05, 0) is 59.1 Å². The summed E-state index contributed by atoms with van der Waals surface area (Å²) in [5.74, 6) is -0.131. The number of rotatable bonds is 14. The summed E-state index contributed by atoms with van der Waals surface area (Å²) in [6, 6.07) is 0. The summed E-state index contributed by atoms with van der Waals surface area (Å²) in [7, 11) is 0. The van der Waals surface area contributed by atoms with Crippen LogP contribution in [0, 0.1) is 6.92 Å². The molecule has 2 heterocycles. The van der Waals surface area contributed by atoms with E-state index in [4.69, 9.17) is 9.72 Å². The van der Waals surface area contributed by atoms with Gasteiger partial charge in [0.15, 0.2) is 5.78 Å². The molecular weight excluding hydrogens is 518 g/mol. The largest absolute Gasteiger partial charge is 0.376 e. The number of nitrogens with one attached hydrogen (secondary N) is 2. The fourth-order valence-corrected chi connectivity index (χ4v) is 3.97. The van der Waals surface area contributed by atoms with Crippen LogP contribution in [0.5, 0.6) is 0 Å². The molecule has 0 saturated heterocycles. The normalized spacial score (nSPS) is 11.8. The zero-order valence-corrected chi connectivity index (χ0v) is 27.0. The Bertz CT molecular complexity index is 1120. The van der Waals surface area contributed by atoms with Crippen LogP contribution in [0.2, 0.25) is 0 Å². The Morgan fingerprint density at radius 3 is 2.42 bits per heavy atom. The summed E-state index contributed by atoms with van der Waals surface area (Å²) in [5.41, 5.74) is 5.37. The lowest BCUT2D eigenvalue weighted by Gasteiger charge is -2.23. The van der Waals surface area contributed by atoms with Gasteiger partial charge >= 0.3 is 0 Å². The van der Waals surface area contributed by atoms with Gasteiger partial charge in [-0.3, -0.25) is 9.59 Å². The standard InChI is InChI=1S/C20H21N3O2S.C10H22O.C3H8/c1-5-6-7-17-14(3)22-10-18(17)19-11-26-20(23-19)13(2)8-16(15(4)25)9-21-12-24;1-5-7-8-9-11-10(3,4)6-2;1-3-2/h5-12,22H,1H2,2-4H3,(H,21,24);5-9H2,1-4H3;3H2,1-2H3/b7-6-,13-8+,16-9+;;. The lowest BCUT2D eigenvalue weighted by atomic mass is 10.1. The molecule has 0 radical (unpaired) electrons. The lowest BCUT2D eigenvalue weighted by molar-refractivity contribution is -0.113. The molecule has 0 bridgehead atoms. The van der Waals surface area contributed by atoms with E-state index in [1.165, 1.54) is 50.1 Å². The number of hydrogen-bond acceptors (Lipinski definition) is 5. The molecule has 0 aliphatic carbocycles. The Morgan fingerprint density at radius 1 is 1.20 bits per heavy atom. The van der Waals surface area contributed by atoms with E-state index in [0.717, 1.165) is 46.1 Å². The average Bonchev–Trinajstić information content (AvgIpc) is 3.55. The molecule has 7 heteroatoms. The van der Waals surface area contributed by atoms with Crippen LogP contribution in [-0.2, 0) is 14.3 Å². The SMILES string of the molecule is C=C/C=C\c1c(-c2csc(/C(C)=C/C(=C\NC=O)C(C)=O)n2)c[nH]c1C.CCC.CCCCCOC(C)(C)CC. The number of carbonyl (C=O) groups is 2. The number of hydrogen-bond donors (Lipinski definition) is 2. The number of aromatic amines is 1. The summed E-state index contributed by atoms with van der Waals surface area (Å²) in [6.45, 7) is 22.9. The molecule has 2 N–H and O–H groups in total. The number of ketones is 1. The van der Waals surface area contributed by atoms with E-state index in [9.17, 15) is 9.59 Å². The maximum atomic E-state index is 11.7. The molecule has 2 aromatic rings. The highest BCUT2D eigenvalue weighted by atomic mass is 32.1. The van der Waals surface area contributed by atoms with Gasteiger partial charge in [-0.15, -0.1) is 11.3 Å². The molecule has 0 atom stereocenters. The Kier molecular flexibility index (Phi) is 19.2. The second-order valence-electron chi connectivity index (χ2n) is 10.0. The van der Waals surface area contributed by atoms with Gasteiger partial charge in [-0.2, -0.15) is 0 Å². The molecule has 1 amide bonds. The van der Waals surface area contributed by atoms with Crippen molar-refractivity contribution >= 4 is 35.2 Å². The minimum Gasteiger partial charge on any atom is -0.376 e. The molecule has 2 rings (SSSR count). The van der Waals surface area contributed by atoms with Crippen LogP contribution in [0.15, 0.2) is 48.2 Å². The number of ether oxygens (including phenoxy) is 1. The van der Waals surface area contributed by atoms with E-state index in [0.29, 0.717) is 12.0 Å². The number of unbranched alkanes of at least 4 members (excludes halogenated alkanes) is 2. The maximum Gasteiger partial charge on any atom is 0.211 e. The van der Waals surface area contributed by atoms with Crippen LogP contribution in [0.3, 0.4) is 0 Å². The van der Waals surface area contributed by atoms with Crippen LogP contribution >= 0.6 is 11.3 Å². The number of allylic oxidation sites excluding steroid dienone is 5. The first-order valence-corrected chi connectivity index (χ1v) is 15.1. The van der Waals surface area contributed by atoms with Crippen LogP contribution in [0.4, 0.5) is 0 Å². The number of aryl methyl sites for hydroxylation is 1. The fourth-order valence-electron chi connectivity index (χ4n) is 3.17. The van der Waals surface area contributed by atoms with Crippen molar-refractivity contribution in [1.82, 2.24) is 15.3 Å². The minimum atomic E-state index is -0.131. The molecule has 0 spiro atoms. The first-order valence-electron chi connectivity index (χ1n) is 14.2. The first-order chi connectivity index (χ1) is 19.0. The second kappa shape index (κ2) is 20.8. The van der Waals surface area contributed by atoms with Gasteiger partial charge in [0.05, 0.1) is 11.3 Å². The van der Waals surface area contributed by atoms with E-state index in [1.807, 2.05) is 37.6 Å². The zero-order valence-electron chi connectivity index (χ0n) is 26.1. The van der Waals surface area contributed by atoms with E-state index >= 15 is 0 Å². The molecule has 0 unspecified atom stereocenters. The molecule has 0 aromatic carbocycles. The Morgan fingerprint density at radius 2 is 1.88 bits per heavy atom. The monoisotopic (exact) mass is 569 g/mol. The summed E-state index contributed by atoms with van der Waals surface area (Å²) in [4.78, 5) is 30.0. The van der Waals surface area contributed by atoms with Gasteiger partial charge in [0.1, 0.15) is 5.01 Å². The molecule has 40 heavy (non-hydrogen) atoms. The number of carbonyl (C=O) groups excluding carboxylic acids is 2. The van der Waals surface area contributed by atoms with Gasteiger partial charge in [0.25, 0.3) is 0 Å². The van der Waals surface area contributed by atoms with Crippen molar-refractivity contribution in [2.75, 3.05) is 6.61 Å². The smallest absolute Gasteiger partial charge is 0.211 e. The Balaban J connectivity index is 0.000000908. The highest BCUT2D eigenvalue weighted by molar-refractivity contribution is 7.11. The second-order valence-corrected chi connectivity index (χ2v) is 10.9. The predicted molar refractivity (Wildman–Crippen MR) is 173 cm³/mol. The summed E-state index contributed by atoms with van der Waals surface area (Å²) in [5, 5.41) is 5.21. The van der Waals surface area contributed by atoms with Gasteiger partial charge in [-0.25, -0.2) is 4.98 Å². The minimum absolute atomic E-state index is 0.0910. The van der Waals surface area contributed by atoms with E-state index in [-0.39, 0.29) is 11.4 Å². The molecule has 6 nitrogen and oxygen atoms in total. The number of H-pyrrole nitrogens is 1. The van der Waals surface area contributed by atoms with Crippen molar-refractivity contribution in [2.24, 2.45) is 0 Å². The fraction of sp³-hybridized carbons (Fsp3) is 0.485. The number of Topliss-reactive ketones (excluding diaryl/α,β-unsaturated/α-hetero) is 1. The number of thiazole rings is 1. The van der Waals surface area contributed by atoms with Crippen molar-refractivity contribution in [3.63, 3.8) is 0 Å². The topological polar surface area (TPSA) is 84.1 Å². The van der Waals surface area contributed by atoms with Crippen molar-refractivity contribution in [3.8, 4) is 11.3 Å². The molecule has 0 fully saturated rings. The van der Waals surface area contributed by atoms with Crippen LogP contribution in [-0.4, -0.2) is 34.4 Å². The van der Waals surface area contributed by atoms with Crippen molar-refractivity contribution in [3.05, 3.63) is 64.4 Å². The number of amides is 1. The van der Waals surface area contributed by atoms with E-state index in [1.54, 1.807) is 12.2 Å². The van der Waals surface area contributed by atoms with Crippen LogP contribution < -0.4 is 5.32 Å². The molecule has 0 saturated carbocycles. The number of aromatic nitrogens is 2. The van der Waals surface area contributed by atoms with Crippen LogP contribution in [0.1, 0.15) is 104 Å². The molecular formula is C33H51N3O3S. The van der Waals surface area contributed by atoms with E-state index in [2.05, 4.69) is 58.4 Å². The third-order valence-corrected chi connectivity index (χ3v) is 6.80. The molecule has 222 valence electrons. The summed E-state index contributed by atoms with van der Waals surface area (Å²) < 4.78 is 5.68. The van der Waals surface area contributed by atoms with Crippen LogP contribution in [0.25, 0.3) is 22.9 Å². The molecule has 0 aliphatic rings. The quantitative estimate of drug-likeness (QED) is 0.103. The first kappa shape index (κ1) is 37.0. The van der Waals surface area contributed by atoms with Gasteiger partial charge < -0.3 is 15.0 Å². The third-order valence-electron chi connectivity index (χ3n) is 5.82. The average molecular weight is 570 g/mol. The molecule has 0 aliphatic heterocycles. The van der Waals surface area contributed by atoms with Crippen molar-refractivity contribution in [2.45, 2.75) is 100 Å². The summed E-state index contributed by atoms with van der Waals surface area (Å²) in [6.07, 6.45) is 17.3. The highest BCUT2D eigenvalue weighted by Crippen LogP contribution is 2.31. The highest BCUT2D eigenvalue weighted by Gasteiger charge is 2.14. The lowest BCUT2D eigenvalue weighted by Crippen LogP contribution is -2.23. The van der Waals surface area contributed by atoms with E-state index < -0.39 is 0 Å². The third kappa shape index (κ3) is 14.4. The number of nitrogens with zero attached hydrogens (tertiary/aromatic N) is 1. The van der Waals surface area contributed by atoms with Crippen molar-refractivity contribution in [1.29, 1.82) is 0 Å². The van der Waals surface area contributed by atoms with Gasteiger partial charge in [-0.1, -0.05) is 71.8 Å².